The Morgan fingerprint density at radius 1 is 1.00 bits per heavy atom. The number of ether oxygens (including phenoxy) is 1. The summed E-state index contributed by atoms with van der Waals surface area (Å²) in [4.78, 5) is 23.8. The Morgan fingerprint density at radius 3 is 2.39 bits per heavy atom. The van der Waals surface area contributed by atoms with Crippen LogP contribution in [0.25, 0.3) is 0 Å². The van der Waals surface area contributed by atoms with E-state index in [1.807, 2.05) is 0 Å². The van der Waals surface area contributed by atoms with Crippen molar-refractivity contribution in [1.82, 2.24) is 4.72 Å². The highest BCUT2D eigenvalue weighted by molar-refractivity contribution is 7.89. The van der Waals surface area contributed by atoms with Gasteiger partial charge in [-0.15, -0.1) is 0 Å². The highest BCUT2D eigenvalue weighted by atomic mass is 32.2. The van der Waals surface area contributed by atoms with Crippen molar-refractivity contribution >= 4 is 27.6 Å². The zero-order valence-corrected chi connectivity index (χ0v) is 16.6. The Balaban J connectivity index is 1.53. The summed E-state index contributed by atoms with van der Waals surface area (Å²) in [6, 6.07) is 10.9. The maximum absolute atomic E-state index is 13.1. The van der Waals surface area contributed by atoms with Crippen LogP contribution in [0.1, 0.15) is 16.1 Å². The van der Waals surface area contributed by atoms with Gasteiger partial charge in [0.05, 0.1) is 23.3 Å². The van der Waals surface area contributed by atoms with Crippen LogP contribution in [0.5, 0.6) is 0 Å². The molecule has 2 N–H and O–H groups in total. The fraction of sp³-hybridized carbons (Fsp3) is 0.100. The maximum Gasteiger partial charge on any atom is 0.338 e. The van der Waals surface area contributed by atoms with Gasteiger partial charge in [0.1, 0.15) is 5.76 Å². The van der Waals surface area contributed by atoms with Crippen LogP contribution in [0.3, 0.4) is 0 Å². The van der Waals surface area contributed by atoms with Gasteiger partial charge < -0.3 is 14.5 Å². The lowest BCUT2D eigenvalue weighted by atomic mass is 10.2. The second-order valence-corrected chi connectivity index (χ2v) is 7.95. The molecule has 0 aliphatic heterocycles. The van der Waals surface area contributed by atoms with E-state index in [1.165, 1.54) is 30.5 Å². The van der Waals surface area contributed by atoms with Gasteiger partial charge in [0.2, 0.25) is 10.0 Å². The van der Waals surface area contributed by atoms with Crippen LogP contribution < -0.4 is 10.0 Å². The number of benzene rings is 2. The van der Waals surface area contributed by atoms with Crippen LogP contribution in [0, 0.1) is 11.6 Å². The number of carbonyl (C=O) groups is 2. The molecule has 0 fully saturated rings. The largest absolute Gasteiger partial charge is 0.468 e. The van der Waals surface area contributed by atoms with Gasteiger partial charge in [-0.25, -0.2) is 26.7 Å². The molecular formula is C20H16F2N2O6S. The summed E-state index contributed by atoms with van der Waals surface area (Å²) in [5.74, 6) is -3.39. The summed E-state index contributed by atoms with van der Waals surface area (Å²) >= 11 is 0. The molecule has 3 aromatic rings. The zero-order chi connectivity index (χ0) is 22.4. The van der Waals surface area contributed by atoms with E-state index in [1.54, 1.807) is 12.1 Å². The van der Waals surface area contributed by atoms with Gasteiger partial charge in [-0.2, -0.15) is 0 Å². The molecule has 0 atom stereocenters. The Labute approximate surface area is 175 Å². The number of hydrogen-bond acceptors (Lipinski definition) is 6. The van der Waals surface area contributed by atoms with E-state index in [2.05, 4.69) is 10.0 Å². The summed E-state index contributed by atoms with van der Waals surface area (Å²) in [5.41, 5.74) is 0.0159. The quantitative estimate of drug-likeness (QED) is 0.510. The lowest BCUT2D eigenvalue weighted by Gasteiger charge is -2.08. The molecule has 3 rings (SSSR count). The number of furan rings is 1. The number of carbonyl (C=O) groups excluding carboxylic acids is 2. The minimum Gasteiger partial charge on any atom is -0.468 e. The maximum atomic E-state index is 13.1. The van der Waals surface area contributed by atoms with E-state index in [4.69, 9.17) is 9.15 Å². The lowest BCUT2D eigenvalue weighted by Crippen LogP contribution is -2.23. The molecule has 0 saturated carbocycles. The number of hydrogen-bond donors (Lipinski definition) is 2. The SMILES string of the molecule is O=C(COC(=O)c1ccc(S(=O)(=O)NCc2ccco2)cc1)Nc1ccc(F)c(F)c1. The molecule has 1 amide bonds. The average Bonchev–Trinajstić information content (AvgIpc) is 3.27. The van der Waals surface area contributed by atoms with Crippen LogP contribution in [-0.4, -0.2) is 26.9 Å². The number of amides is 1. The number of esters is 1. The van der Waals surface area contributed by atoms with Gasteiger partial charge in [-0.3, -0.25) is 4.79 Å². The number of nitrogens with one attached hydrogen (secondary N) is 2. The van der Waals surface area contributed by atoms with E-state index in [0.717, 1.165) is 18.2 Å². The molecule has 8 nitrogen and oxygen atoms in total. The van der Waals surface area contributed by atoms with Crippen LogP contribution in [-0.2, 0) is 26.1 Å². The van der Waals surface area contributed by atoms with Gasteiger partial charge in [0, 0.05) is 11.8 Å². The molecule has 1 aromatic heterocycles. The molecule has 1 heterocycles. The molecule has 0 saturated heterocycles. The Bertz CT molecular complexity index is 1180. The molecule has 0 spiro atoms. The minimum absolute atomic E-state index is 0.00319. The first kappa shape index (κ1) is 22.1. The fourth-order valence-corrected chi connectivity index (χ4v) is 3.41. The number of anilines is 1. The van der Waals surface area contributed by atoms with E-state index in [9.17, 15) is 26.8 Å². The van der Waals surface area contributed by atoms with E-state index >= 15 is 0 Å². The first-order valence-corrected chi connectivity index (χ1v) is 10.3. The van der Waals surface area contributed by atoms with Crippen molar-refractivity contribution in [3.8, 4) is 0 Å². The molecule has 0 aliphatic rings. The predicted octanol–water partition coefficient (Wildman–Crippen LogP) is 2.83. The molecule has 11 heteroatoms. The smallest absolute Gasteiger partial charge is 0.338 e. The Morgan fingerprint density at radius 2 is 1.74 bits per heavy atom. The normalized spacial score (nSPS) is 11.2. The van der Waals surface area contributed by atoms with Crippen LogP contribution >= 0.6 is 0 Å². The van der Waals surface area contributed by atoms with Crippen molar-refractivity contribution in [1.29, 1.82) is 0 Å². The third-order valence-electron chi connectivity index (χ3n) is 3.95. The molecule has 0 unspecified atom stereocenters. The highest BCUT2D eigenvalue weighted by Gasteiger charge is 2.16. The highest BCUT2D eigenvalue weighted by Crippen LogP contribution is 2.14. The zero-order valence-electron chi connectivity index (χ0n) is 15.8. The summed E-state index contributed by atoms with van der Waals surface area (Å²) in [6.07, 6.45) is 1.42. The van der Waals surface area contributed by atoms with E-state index in [0.29, 0.717) is 5.76 Å². The van der Waals surface area contributed by atoms with Crippen LogP contribution in [0.4, 0.5) is 14.5 Å². The number of halogens is 2. The fourth-order valence-electron chi connectivity index (χ4n) is 2.42. The van der Waals surface area contributed by atoms with E-state index < -0.39 is 40.1 Å². The predicted molar refractivity (Wildman–Crippen MR) is 104 cm³/mol. The van der Waals surface area contributed by atoms with Crippen molar-refractivity contribution in [2.75, 3.05) is 11.9 Å². The standard InChI is InChI=1S/C20H16F2N2O6S/c21-17-8-5-14(10-18(17)22)24-19(25)12-30-20(26)13-3-6-16(7-4-13)31(27,28)23-11-15-2-1-9-29-15/h1-10,23H,11-12H2,(H,24,25). The third kappa shape index (κ3) is 5.96. The first-order chi connectivity index (χ1) is 14.7. The molecule has 2 aromatic carbocycles. The summed E-state index contributed by atoms with van der Waals surface area (Å²) in [5, 5.41) is 2.25. The second kappa shape index (κ2) is 9.49. The first-order valence-electron chi connectivity index (χ1n) is 8.79. The minimum atomic E-state index is -3.83. The Kier molecular flexibility index (Phi) is 6.78. The van der Waals surface area contributed by atoms with Gasteiger partial charge in [0.25, 0.3) is 5.91 Å². The van der Waals surface area contributed by atoms with Gasteiger partial charge in [-0.05, 0) is 48.5 Å². The van der Waals surface area contributed by atoms with Crippen molar-refractivity contribution in [2.24, 2.45) is 0 Å². The molecule has 31 heavy (non-hydrogen) atoms. The molecule has 0 aliphatic carbocycles. The number of rotatable bonds is 8. The number of sulfonamides is 1. The summed E-state index contributed by atoms with van der Waals surface area (Å²) in [7, 11) is -3.83. The van der Waals surface area contributed by atoms with Crippen molar-refractivity contribution < 1.29 is 35.9 Å². The van der Waals surface area contributed by atoms with Gasteiger partial charge in [0.15, 0.2) is 18.2 Å². The third-order valence-corrected chi connectivity index (χ3v) is 5.37. The van der Waals surface area contributed by atoms with Crippen LogP contribution in [0.2, 0.25) is 0 Å². The monoisotopic (exact) mass is 450 g/mol. The van der Waals surface area contributed by atoms with Crippen molar-refractivity contribution in [2.45, 2.75) is 11.4 Å². The van der Waals surface area contributed by atoms with Crippen molar-refractivity contribution in [3.05, 3.63) is 83.8 Å². The van der Waals surface area contributed by atoms with Crippen molar-refractivity contribution in [3.63, 3.8) is 0 Å². The van der Waals surface area contributed by atoms with Gasteiger partial charge in [-0.1, -0.05) is 0 Å². The average molecular weight is 450 g/mol. The summed E-state index contributed by atoms with van der Waals surface area (Å²) < 4.78 is 62.8. The molecule has 0 bridgehead atoms. The lowest BCUT2D eigenvalue weighted by molar-refractivity contribution is -0.119. The summed E-state index contributed by atoms with van der Waals surface area (Å²) in [6.45, 7) is -0.714. The Hall–Kier alpha value is -3.57. The second-order valence-electron chi connectivity index (χ2n) is 6.18. The van der Waals surface area contributed by atoms with Gasteiger partial charge >= 0.3 is 5.97 Å². The molecule has 162 valence electrons. The van der Waals surface area contributed by atoms with Crippen LogP contribution in [0.15, 0.2) is 70.2 Å². The topological polar surface area (TPSA) is 115 Å². The molecule has 0 radical (unpaired) electrons. The van der Waals surface area contributed by atoms with E-state index in [-0.39, 0.29) is 22.7 Å². The molecular weight excluding hydrogens is 434 g/mol.